The largest absolute Gasteiger partial charge is 0.489 e. The van der Waals surface area contributed by atoms with E-state index in [9.17, 15) is 9.59 Å². The molecule has 4 heteroatoms. The Morgan fingerprint density at radius 1 is 1.55 bits per heavy atom. The Balaban J connectivity index is 2.87. The molecule has 60 valence electrons. The molecule has 1 unspecified atom stereocenters. The van der Waals surface area contributed by atoms with Gasteiger partial charge in [-0.05, 0) is 6.42 Å². The van der Waals surface area contributed by atoms with Crippen LogP contribution in [0.5, 0.6) is 0 Å². The maximum atomic E-state index is 10.3. The average molecular weight is 175 g/mol. The number of halogens is 1. The van der Waals surface area contributed by atoms with Gasteiger partial charge < -0.3 is 9.53 Å². The summed E-state index contributed by atoms with van der Waals surface area (Å²) in [5.41, 5.74) is 0. The number of ether oxygens (including phenoxy) is 1. The Labute approximate surface area is 69.0 Å². The van der Waals surface area contributed by atoms with Crippen LogP contribution in [0.3, 0.4) is 0 Å². The van der Waals surface area contributed by atoms with Gasteiger partial charge in [-0.2, -0.15) is 0 Å². The second-order valence-electron chi connectivity index (χ2n) is 2.21. The summed E-state index contributed by atoms with van der Waals surface area (Å²) in [5, 5.41) is 0.223. The van der Waals surface area contributed by atoms with Gasteiger partial charge in [0.1, 0.15) is 6.29 Å². The number of hydrogen-bond donors (Lipinski definition) is 0. The Kier molecular flexibility index (Phi) is 2.65. The van der Waals surface area contributed by atoms with Crippen molar-refractivity contribution in [2.45, 2.75) is 6.42 Å². The quantitative estimate of drug-likeness (QED) is 0.584. The highest BCUT2D eigenvalue weighted by molar-refractivity contribution is 6.32. The lowest BCUT2D eigenvalue weighted by Gasteiger charge is -2.18. The van der Waals surface area contributed by atoms with E-state index in [4.69, 9.17) is 16.3 Å². The van der Waals surface area contributed by atoms with Crippen LogP contribution in [-0.2, 0) is 14.3 Å². The highest BCUT2D eigenvalue weighted by Crippen LogP contribution is 2.25. The van der Waals surface area contributed by atoms with E-state index in [1.165, 1.54) is 0 Å². The van der Waals surface area contributed by atoms with Gasteiger partial charge in [-0.25, -0.2) is 0 Å². The summed E-state index contributed by atoms with van der Waals surface area (Å²) in [6.07, 6.45) is 1.81. The molecule has 0 amide bonds. The number of rotatable bonds is 2. The van der Waals surface area contributed by atoms with Gasteiger partial charge in [0.15, 0.2) is 12.0 Å². The number of aldehydes is 2. The van der Waals surface area contributed by atoms with Gasteiger partial charge >= 0.3 is 0 Å². The van der Waals surface area contributed by atoms with Crippen LogP contribution >= 0.6 is 11.6 Å². The zero-order valence-corrected chi connectivity index (χ0v) is 6.50. The summed E-state index contributed by atoms with van der Waals surface area (Å²) in [6, 6.07) is 0. The van der Waals surface area contributed by atoms with E-state index in [1.54, 1.807) is 0 Å². The van der Waals surface area contributed by atoms with Crippen LogP contribution in [0.2, 0.25) is 0 Å². The summed E-state index contributed by atoms with van der Waals surface area (Å²) in [6.45, 7) is 0.383. The molecule has 11 heavy (non-hydrogen) atoms. The van der Waals surface area contributed by atoms with Crippen LogP contribution in [0.25, 0.3) is 0 Å². The zero-order valence-electron chi connectivity index (χ0n) is 5.75. The van der Waals surface area contributed by atoms with Crippen molar-refractivity contribution in [3.05, 3.63) is 10.8 Å². The minimum absolute atomic E-state index is 0.0926. The summed E-state index contributed by atoms with van der Waals surface area (Å²) >= 11 is 5.64. The van der Waals surface area contributed by atoms with Crippen molar-refractivity contribution < 1.29 is 14.3 Å². The fraction of sp³-hybridized carbons (Fsp3) is 0.429. The molecule has 0 fully saturated rings. The average Bonchev–Trinajstić information content (AvgIpc) is 2.05. The lowest BCUT2D eigenvalue weighted by atomic mass is 10.1. The van der Waals surface area contributed by atoms with Gasteiger partial charge in [-0.15, -0.1) is 0 Å². The van der Waals surface area contributed by atoms with E-state index in [0.717, 1.165) is 6.29 Å². The Morgan fingerprint density at radius 3 is 2.82 bits per heavy atom. The highest BCUT2D eigenvalue weighted by Gasteiger charge is 2.21. The van der Waals surface area contributed by atoms with E-state index < -0.39 is 0 Å². The fourth-order valence-electron chi connectivity index (χ4n) is 0.892. The fourth-order valence-corrected chi connectivity index (χ4v) is 1.15. The Hall–Kier alpha value is -0.830. The smallest absolute Gasteiger partial charge is 0.185 e. The van der Waals surface area contributed by atoms with Gasteiger partial charge in [-0.3, -0.25) is 4.79 Å². The van der Waals surface area contributed by atoms with Crippen molar-refractivity contribution in [1.29, 1.82) is 0 Å². The molecule has 0 saturated carbocycles. The molecule has 3 nitrogen and oxygen atoms in total. The minimum Gasteiger partial charge on any atom is -0.489 e. The number of carbonyl (C=O) groups excluding carboxylic acids is 2. The molecule has 1 aliphatic rings. The first-order valence-electron chi connectivity index (χ1n) is 3.22. The van der Waals surface area contributed by atoms with Gasteiger partial charge in [0.25, 0.3) is 0 Å². The van der Waals surface area contributed by atoms with Gasteiger partial charge in [0, 0.05) is 0 Å². The van der Waals surface area contributed by atoms with Crippen LogP contribution in [0, 0.1) is 5.92 Å². The summed E-state index contributed by atoms with van der Waals surface area (Å²) in [7, 11) is 0. The van der Waals surface area contributed by atoms with Crippen molar-refractivity contribution in [2.75, 3.05) is 6.61 Å². The molecular weight excluding hydrogens is 168 g/mol. The molecule has 0 radical (unpaired) electrons. The molecule has 1 aliphatic heterocycles. The van der Waals surface area contributed by atoms with E-state index in [2.05, 4.69) is 0 Å². The number of carbonyl (C=O) groups is 2. The molecule has 1 heterocycles. The molecule has 0 bridgehead atoms. The maximum Gasteiger partial charge on any atom is 0.185 e. The predicted molar refractivity (Wildman–Crippen MR) is 39.1 cm³/mol. The maximum absolute atomic E-state index is 10.3. The molecule has 0 aliphatic carbocycles. The van der Waals surface area contributed by atoms with Crippen molar-refractivity contribution in [2.24, 2.45) is 5.92 Å². The van der Waals surface area contributed by atoms with E-state index in [0.29, 0.717) is 19.3 Å². The van der Waals surface area contributed by atoms with Crippen LogP contribution in [0.1, 0.15) is 6.42 Å². The molecule has 0 spiro atoms. The van der Waals surface area contributed by atoms with Crippen LogP contribution < -0.4 is 0 Å². The molecule has 1 rings (SSSR count). The zero-order chi connectivity index (χ0) is 8.27. The van der Waals surface area contributed by atoms with Gasteiger partial charge in [-0.1, -0.05) is 11.6 Å². The molecule has 1 atom stereocenters. The van der Waals surface area contributed by atoms with E-state index >= 15 is 0 Å². The first-order chi connectivity index (χ1) is 5.29. The third-order valence-electron chi connectivity index (χ3n) is 1.52. The van der Waals surface area contributed by atoms with Crippen molar-refractivity contribution in [1.82, 2.24) is 0 Å². The lowest BCUT2D eigenvalue weighted by molar-refractivity contribution is -0.111. The number of allylic oxidation sites excluding steroid dienone is 2. The molecular formula is C7H7ClO3. The molecule has 0 saturated heterocycles. The molecule has 0 N–H and O–H groups in total. The Morgan fingerprint density at radius 2 is 2.27 bits per heavy atom. The monoisotopic (exact) mass is 174 g/mol. The summed E-state index contributed by atoms with van der Waals surface area (Å²) in [4.78, 5) is 20.6. The highest BCUT2D eigenvalue weighted by atomic mass is 35.5. The van der Waals surface area contributed by atoms with Crippen molar-refractivity contribution >= 4 is 24.2 Å². The van der Waals surface area contributed by atoms with E-state index in [-0.39, 0.29) is 16.7 Å². The third-order valence-corrected chi connectivity index (χ3v) is 1.99. The Bertz CT molecular complexity index is 210. The standard InChI is InChI=1S/C7H7ClO3/c8-7-5(3-9)1-2-11-6(7)4-10/h3-5H,1-2H2. The normalized spacial score (nSPS) is 24.3. The number of hydrogen-bond acceptors (Lipinski definition) is 3. The van der Waals surface area contributed by atoms with Gasteiger partial charge in [0.2, 0.25) is 0 Å². The van der Waals surface area contributed by atoms with Crippen LogP contribution in [0.15, 0.2) is 10.8 Å². The first kappa shape index (κ1) is 8.27. The third kappa shape index (κ3) is 1.60. The van der Waals surface area contributed by atoms with Gasteiger partial charge in [0.05, 0.1) is 17.6 Å². The SMILES string of the molecule is O=CC1=C(Cl)C(C=O)CCO1. The minimum atomic E-state index is -0.356. The van der Waals surface area contributed by atoms with Crippen LogP contribution in [0.4, 0.5) is 0 Å². The predicted octanol–water partition coefficient (Wildman–Crippen LogP) is 0.871. The summed E-state index contributed by atoms with van der Waals surface area (Å²) in [5.74, 6) is -0.263. The van der Waals surface area contributed by atoms with Crippen molar-refractivity contribution in [3.63, 3.8) is 0 Å². The lowest BCUT2D eigenvalue weighted by Crippen LogP contribution is -2.16. The first-order valence-corrected chi connectivity index (χ1v) is 3.60. The van der Waals surface area contributed by atoms with Crippen molar-refractivity contribution in [3.8, 4) is 0 Å². The van der Waals surface area contributed by atoms with Crippen LogP contribution in [-0.4, -0.2) is 19.2 Å². The molecule has 0 aromatic heterocycles. The second-order valence-corrected chi connectivity index (χ2v) is 2.62. The summed E-state index contributed by atoms with van der Waals surface area (Å²) < 4.78 is 4.89. The van der Waals surface area contributed by atoms with E-state index in [1.807, 2.05) is 0 Å². The molecule has 0 aromatic carbocycles. The molecule has 0 aromatic rings. The second kappa shape index (κ2) is 3.53. The topological polar surface area (TPSA) is 43.4 Å².